The topological polar surface area (TPSA) is 75.7 Å². The van der Waals surface area contributed by atoms with Crippen molar-refractivity contribution in [3.8, 4) is 17.2 Å². The normalized spacial score (nSPS) is 20.5. The molecule has 0 fully saturated rings. The summed E-state index contributed by atoms with van der Waals surface area (Å²) in [5, 5.41) is 18.6. The number of hydrogen-bond acceptors (Lipinski definition) is 4. The second kappa shape index (κ2) is 2.81. The Labute approximate surface area is 75.6 Å². The van der Waals surface area contributed by atoms with E-state index in [1.807, 2.05) is 0 Å². The molecule has 0 bridgehead atoms. The van der Waals surface area contributed by atoms with Crippen molar-refractivity contribution in [3.05, 3.63) is 17.7 Å². The Hall–Kier alpha value is -1.42. The van der Waals surface area contributed by atoms with E-state index in [0.717, 1.165) is 12.0 Å². The van der Waals surface area contributed by atoms with Gasteiger partial charge in [-0.15, -0.1) is 0 Å². The third kappa shape index (κ3) is 1.19. The minimum absolute atomic E-state index is 0.116. The lowest BCUT2D eigenvalue weighted by molar-refractivity contribution is 0.251. The maximum absolute atomic E-state index is 9.43. The smallest absolute Gasteiger partial charge is 0.200 e. The fourth-order valence-electron chi connectivity index (χ4n) is 1.46. The third-order valence-corrected chi connectivity index (χ3v) is 2.22. The molecule has 0 aromatic heterocycles. The van der Waals surface area contributed by atoms with E-state index in [1.165, 1.54) is 6.07 Å². The van der Waals surface area contributed by atoms with Crippen LogP contribution in [0.3, 0.4) is 0 Å². The standard InChI is InChI=1S/C9H11NO3/c10-6-3-4-13-9-5(6)1-2-7(11)8(9)12/h1-2,6,11-12H,3-4,10H2/t6-/m0/s1. The summed E-state index contributed by atoms with van der Waals surface area (Å²) in [6.07, 6.45) is 0.733. The molecule has 1 atom stereocenters. The molecular weight excluding hydrogens is 170 g/mol. The lowest BCUT2D eigenvalue weighted by Gasteiger charge is -2.23. The number of phenolic OH excluding ortho intramolecular Hbond substituents is 2. The second-order valence-electron chi connectivity index (χ2n) is 3.10. The minimum atomic E-state index is -0.215. The maximum atomic E-state index is 9.43. The second-order valence-corrected chi connectivity index (χ2v) is 3.10. The van der Waals surface area contributed by atoms with Gasteiger partial charge in [-0.1, -0.05) is 0 Å². The number of phenols is 2. The minimum Gasteiger partial charge on any atom is -0.504 e. The number of rotatable bonds is 0. The molecule has 70 valence electrons. The number of nitrogens with two attached hydrogens (primary N) is 1. The Kier molecular flexibility index (Phi) is 1.77. The summed E-state index contributed by atoms with van der Waals surface area (Å²) in [5.41, 5.74) is 6.54. The van der Waals surface area contributed by atoms with Gasteiger partial charge >= 0.3 is 0 Å². The first-order valence-electron chi connectivity index (χ1n) is 4.13. The molecule has 1 heterocycles. The summed E-state index contributed by atoms with van der Waals surface area (Å²) >= 11 is 0. The molecule has 1 aromatic carbocycles. The van der Waals surface area contributed by atoms with Crippen molar-refractivity contribution in [3.63, 3.8) is 0 Å². The molecule has 0 aliphatic carbocycles. The predicted octanol–water partition coefficient (Wildman–Crippen LogP) is 0.880. The summed E-state index contributed by atoms with van der Waals surface area (Å²) in [6.45, 7) is 0.477. The van der Waals surface area contributed by atoms with Crippen LogP contribution in [0.25, 0.3) is 0 Å². The quantitative estimate of drug-likeness (QED) is 0.519. The van der Waals surface area contributed by atoms with Crippen LogP contribution in [0, 0.1) is 0 Å². The number of hydrogen-bond donors (Lipinski definition) is 3. The van der Waals surface area contributed by atoms with Gasteiger partial charge in [0.05, 0.1) is 6.61 Å². The van der Waals surface area contributed by atoms with Crippen molar-refractivity contribution < 1.29 is 14.9 Å². The Bertz CT molecular complexity index is 338. The van der Waals surface area contributed by atoms with Crippen molar-refractivity contribution in [2.45, 2.75) is 12.5 Å². The van der Waals surface area contributed by atoms with Crippen molar-refractivity contribution in [1.29, 1.82) is 0 Å². The number of aromatic hydroxyl groups is 2. The van der Waals surface area contributed by atoms with E-state index in [0.29, 0.717) is 12.4 Å². The average Bonchev–Trinajstić information content (AvgIpc) is 2.12. The van der Waals surface area contributed by atoms with Gasteiger partial charge in [0.2, 0.25) is 5.75 Å². The SMILES string of the molecule is N[C@H]1CCOc2c1ccc(O)c2O. The number of fused-ring (bicyclic) bond motifs is 1. The number of benzene rings is 1. The highest BCUT2D eigenvalue weighted by atomic mass is 16.5. The first-order valence-corrected chi connectivity index (χ1v) is 4.13. The monoisotopic (exact) mass is 181 g/mol. The van der Waals surface area contributed by atoms with E-state index in [9.17, 15) is 10.2 Å². The van der Waals surface area contributed by atoms with E-state index in [2.05, 4.69) is 0 Å². The van der Waals surface area contributed by atoms with E-state index >= 15 is 0 Å². The van der Waals surface area contributed by atoms with Crippen LogP contribution in [-0.2, 0) is 0 Å². The highest BCUT2D eigenvalue weighted by Crippen LogP contribution is 2.42. The molecule has 4 heteroatoms. The Morgan fingerprint density at radius 2 is 2.15 bits per heavy atom. The maximum Gasteiger partial charge on any atom is 0.200 e. The van der Waals surface area contributed by atoms with Crippen LogP contribution in [0.1, 0.15) is 18.0 Å². The molecule has 0 saturated carbocycles. The summed E-state index contributed by atoms with van der Waals surface area (Å²) in [6, 6.07) is 2.98. The van der Waals surface area contributed by atoms with Crippen LogP contribution >= 0.6 is 0 Å². The molecule has 4 nitrogen and oxygen atoms in total. The van der Waals surface area contributed by atoms with Gasteiger partial charge in [0.15, 0.2) is 11.5 Å². The van der Waals surface area contributed by atoms with Gasteiger partial charge in [-0.3, -0.25) is 0 Å². The summed E-state index contributed by atoms with van der Waals surface area (Å²) in [7, 11) is 0. The Balaban J connectivity index is 2.56. The van der Waals surface area contributed by atoms with Crippen LogP contribution < -0.4 is 10.5 Å². The summed E-state index contributed by atoms with van der Waals surface area (Å²) < 4.78 is 5.22. The highest BCUT2D eigenvalue weighted by molar-refractivity contribution is 5.55. The lowest BCUT2D eigenvalue weighted by atomic mass is 10.0. The Morgan fingerprint density at radius 3 is 2.92 bits per heavy atom. The first kappa shape index (κ1) is 8.19. The Morgan fingerprint density at radius 1 is 1.38 bits per heavy atom. The molecule has 0 saturated heterocycles. The van der Waals surface area contributed by atoms with Crippen LogP contribution in [0.4, 0.5) is 0 Å². The molecular formula is C9H11NO3. The summed E-state index contributed by atoms with van der Waals surface area (Å²) in [4.78, 5) is 0. The number of ether oxygens (including phenoxy) is 1. The van der Waals surface area contributed by atoms with Crippen LogP contribution in [-0.4, -0.2) is 16.8 Å². The van der Waals surface area contributed by atoms with Crippen molar-refractivity contribution in [2.24, 2.45) is 5.73 Å². The van der Waals surface area contributed by atoms with Crippen LogP contribution in [0.15, 0.2) is 12.1 Å². The molecule has 0 amide bonds. The van der Waals surface area contributed by atoms with Gasteiger partial charge in [-0.05, 0) is 12.1 Å². The van der Waals surface area contributed by atoms with E-state index in [-0.39, 0.29) is 17.5 Å². The van der Waals surface area contributed by atoms with Gasteiger partial charge in [0.25, 0.3) is 0 Å². The predicted molar refractivity (Wildman–Crippen MR) is 46.8 cm³/mol. The molecule has 1 aromatic rings. The van der Waals surface area contributed by atoms with Crippen molar-refractivity contribution in [1.82, 2.24) is 0 Å². The largest absolute Gasteiger partial charge is 0.504 e. The van der Waals surface area contributed by atoms with Crippen LogP contribution in [0.5, 0.6) is 17.2 Å². The molecule has 2 rings (SSSR count). The fraction of sp³-hybridized carbons (Fsp3) is 0.333. The zero-order valence-electron chi connectivity index (χ0n) is 7.03. The van der Waals surface area contributed by atoms with Gasteiger partial charge in [-0.2, -0.15) is 0 Å². The molecule has 1 aliphatic rings. The molecule has 0 unspecified atom stereocenters. The summed E-state index contributed by atoms with van der Waals surface area (Å²) in [5.74, 6) is -0.0701. The van der Waals surface area contributed by atoms with Crippen molar-refractivity contribution in [2.75, 3.05) is 6.61 Å². The van der Waals surface area contributed by atoms with Gasteiger partial charge in [-0.25, -0.2) is 0 Å². The van der Waals surface area contributed by atoms with Gasteiger partial charge < -0.3 is 20.7 Å². The third-order valence-electron chi connectivity index (χ3n) is 2.22. The van der Waals surface area contributed by atoms with Gasteiger partial charge in [0, 0.05) is 18.0 Å². The van der Waals surface area contributed by atoms with Gasteiger partial charge in [0.1, 0.15) is 0 Å². The van der Waals surface area contributed by atoms with E-state index < -0.39 is 0 Å². The van der Waals surface area contributed by atoms with Crippen molar-refractivity contribution >= 4 is 0 Å². The molecule has 1 aliphatic heterocycles. The molecule has 0 spiro atoms. The highest BCUT2D eigenvalue weighted by Gasteiger charge is 2.22. The fourth-order valence-corrected chi connectivity index (χ4v) is 1.46. The first-order chi connectivity index (χ1) is 6.20. The zero-order valence-corrected chi connectivity index (χ0v) is 7.03. The van der Waals surface area contributed by atoms with E-state index in [4.69, 9.17) is 10.5 Å². The average molecular weight is 181 g/mol. The zero-order chi connectivity index (χ0) is 9.42. The van der Waals surface area contributed by atoms with Crippen LogP contribution in [0.2, 0.25) is 0 Å². The lowest BCUT2D eigenvalue weighted by Crippen LogP contribution is -2.20. The molecule has 0 radical (unpaired) electrons. The van der Waals surface area contributed by atoms with E-state index in [1.54, 1.807) is 6.07 Å². The molecule has 4 N–H and O–H groups in total. The molecule has 13 heavy (non-hydrogen) atoms.